The molecule has 0 unspecified atom stereocenters. The molecule has 0 aliphatic heterocycles. The summed E-state index contributed by atoms with van der Waals surface area (Å²) < 4.78 is 0. The summed E-state index contributed by atoms with van der Waals surface area (Å²) in [5.74, 6) is 0.568. The molecule has 2 nitrogen and oxygen atoms in total. The van der Waals surface area contributed by atoms with Crippen molar-refractivity contribution in [2.75, 3.05) is 0 Å². The third kappa shape index (κ3) is 4.15. The highest BCUT2D eigenvalue weighted by atomic mass is 14.9. The molecule has 0 spiro atoms. The second kappa shape index (κ2) is 6.86. The molecule has 0 fully saturated rings. The smallest absolute Gasteiger partial charge is 0.0705 e. The maximum absolute atomic E-state index is 4.76. The van der Waals surface area contributed by atoms with Gasteiger partial charge in [-0.25, -0.2) is 0 Å². The minimum Gasteiger partial charge on any atom is -0.310 e. The fraction of sp³-hybridized carbons (Fsp3) is 0.421. The Bertz CT molecular complexity index is 583. The van der Waals surface area contributed by atoms with Crippen LogP contribution >= 0.6 is 0 Å². The number of benzene rings is 1. The molecule has 2 heteroatoms. The minimum atomic E-state index is 0.493. The van der Waals surface area contributed by atoms with Gasteiger partial charge in [0.25, 0.3) is 0 Å². The van der Waals surface area contributed by atoms with Crippen LogP contribution in [-0.4, -0.2) is 11.0 Å². The molecule has 1 aromatic heterocycles. The van der Waals surface area contributed by atoms with Gasteiger partial charge in [0.1, 0.15) is 0 Å². The van der Waals surface area contributed by atoms with Gasteiger partial charge in [-0.15, -0.1) is 0 Å². The van der Waals surface area contributed by atoms with E-state index in [1.165, 1.54) is 16.7 Å². The standard InChI is InChI=1S/C19H26N2/c1-13(2)16-6-8-17(9-7-16)19-11-10-18(15(5)21-19)12-20-14(3)4/h6-11,13-14,20H,12H2,1-5H3. The fourth-order valence-electron chi connectivity index (χ4n) is 2.29. The maximum Gasteiger partial charge on any atom is 0.0705 e. The van der Waals surface area contributed by atoms with Crippen LogP contribution in [0.1, 0.15) is 50.4 Å². The summed E-state index contributed by atoms with van der Waals surface area (Å²) in [4.78, 5) is 4.76. The van der Waals surface area contributed by atoms with Crippen molar-refractivity contribution in [1.29, 1.82) is 0 Å². The Balaban J connectivity index is 2.19. The van der Waals surface area contributed by atoms with E-state index in [2.05, 4.69) is 76.3 Å². The average Bonchev–Trinajstić information content (AvgIpc) is 2.46. The van der Waals surface area contributed by atoms with Crippen LogP contribution < -0.4 is 5.32 Å². The van der Waals surface area contributed by atoms with Crippen LogP contribution in [0.2, 0.25) is 0 Å². The summed E-state index contributed by atoms with van der Waals surface area (Å²) in [6, 6.07) is 13.5. The van der Waals surface area contributed by atoms with Crippen molar-refractivity contribution in [2.45, 2.75) is 53.1 Å². The van der Waals surface area contributed by atoms with Gasteiger partial charge < -0.3 is 5.32 Å². The lowest BCUT2D eigenvalue weighted by molar-refractivity contribution is 0.586. The third-order valence-electron chi connectivity index (χ3n) is 3.77. The van der Waals surface area contributed by atoms with Gasteiger partial charge in [-0.3, -0.25) is 4.98 Å². The number of nitrogens with one attached hydrogen (secondary N) is 1. The monoisotopic (exact) mass is 282 g/mol. The number of nitrogens with zero attached hydrogens (tertiary/aromatic N) is 1. The maximum atomic E-state index is 4.76. The van der Waals surface area contributed by atoms with Crippen molar-refractivity contribution in [3.8, 4) is 11.3 Å². The van der Waals surface area contributed by atoms with Gasteiger partial charge in [-0.05, 0) is 30.0 Å². The Morgan fingerprint density at radius 1 is 0.952 bits per heavy atom. The molecule has 0 atom stereocenters. The number of pyridine rings is 1. The summed E-state index contributed by atoms with van der Waals surface area (Å²) >= 11 is 0. The molecule has 1 N–H and O–H groups in total. The quantitative estimate of drug-likeness (QED) is 0.861. The molecule has 21 heavy (non-hydrogen) atoms. The molecule has 2 aromatic rings. The molecule has 0 aliphatic carbocycles. The van der Waals surface area contributed by atoms with E-state index >= 15 is 0 Å². The van der Waals surface area contributed by atoms with E-state index in [0.717, 1.165) is 17.9 Å². The first kappa shape index (κ1) is 15.7. The van der Waals surface area contributed by atoms with Crippen LogP contribution in [0, 0.1) is 6.92 Å². The number of rotatable bonds is 5. The average molecular weight is 282 g/mol. The molecule has 0 saturated heterocycles. The molecule has 2 rings (SSSR count). The van der Waals surface area contributed by atoms with Gasteiger partial charge in [0, 0.05) is 23.8 Å². The second-order valence-corrected chi connectivity index (χ2v) is 6.25. The number of aryl methyl sites for hydroxylation is 1. The number of hydrogen-bond donors (Lipinski definition) is 1. The van der Waals surface area contributed by atoms with E-state index in [-0.39, 0.29) is 0 Å². The van der Waals surface area contributed by atoms with Crippen molar-refractivity contribution in [3.05, 3.63) is 53.2 Å². The van der Waals surface area contributed by atoms with E-state index in [1.54, 1.807) is 0 Å². The van der Waals surface area contributed by atoms with Crippen LogP contribution in [0.25, 0.3) is 11.3 Å². The summed E-state index contributed by atoms with van der Waals surface area (Å²) in [6.45, 7) is 11.7. The van der Waals surface area contributed by atoms with Crippen LogP contribution in [0.15, 0.2) is 36.4 Å². The predicted octanol–water partition coefficient (Wildman–Crippen LogP) is 4.68. The molecule has 1 aromatic carbocycles. The highest BCUT2D eigenvalue weighted by molar-refractivity contribution is 5.60. The number of aromatic nitrogens is 1. The summed E-state index contributed by atoms with van der Waals surface area (Å²) in [6.07, 6.45) is 0. The van der Waals surface area contributed by atoms with Crippen molar-refractivity contribution < 1.29 is 0 Å². The van der Waals surface area contributed by atoms with E-state index in [0.29, 0.717) is 12.0 Å². The fourth-order valence-corrected chi connectivity index (χ4v) is 2.29. The van der Waals surface area contributed by atoms with Crippen molar-refractivity contribution in [1.82, 2.24) is 10.3 Å². The Kier molecular flexibility index (Phi) is 5.13. The first-order chi connectivity index (χ1) is 9.97. The van der Waals surface area contributed by atoms with Crippen LogP contribution in [0.3, 0.4) is 0 Å². The van der Waals surface area contributed by atoms with Crippen LogP contribution in [0.5, 0.6) is 0 Å². The molecule has 0 amide bonds. The summed E-state index contributed by atoms with van der Waals surface area (Å²) in [5.41, 5.74) is 5.98. The highest BCUT2D eigenvalue weighted by Gasteiger charge is 2.06. The molecule has 112 valence electrons. The van der Waals surface area contributed by atoms with E-state index in [1.807, 2.05) is 0 Å². The van der Waals surface area contributed by atoms with E-state index in [9.17, 15) is 0 Å². The zero-order chi connectivity index (χ0) is 15.4. The molecule has 0 bridgehead atoms. The Labute approximate surface area is 128 Å². The van der Waals surface area contributed by atoms with Gasteiger partial charge in [-0.2, -0.15) is 0 Å². The lowest BCUT2D eigenvalue weighted by Crippen LogP contribution is -2.22. The van der Waals surface area contributed by atoms with Gasteiger partial charge >= 0.3 is 0 Å². The topological polar surface area (TPSA) is 24.9 Å². The van der Waals surface area contributed by atoms with Crippen molar-refractivity contribution in [3.63, 3.8) is 0 Å². The Morgan fingerprint density at radius 2 is 1.62 bits per heavy atom. The first-order valence-electron chi connectivity index (χ1n) is 7.77. The Morgan fingerprint density at radius 3 is 2.14 bits per heavy atom. The number of hydrogen-bond acceptors (Lipinski definition) is 2. The molecular weight excluding hydrogens is 256 g/mol. The van der Waals surface area contributed by atoms with Gasteiger partial charge in [-0.1, -0.05) is 58.0 Å². The lowest BCUT2D eigenvalue weighted by Gasteiger charge is -2.12. The normalized spacial score (nSPS) is 11.4. The Hall–Kier alpha value is -1.67. The molecule has 0 aliphatic rings. The van der Waals surface area contributed by atoms with E-state index in [4.69, 9.17) is 4.98 Å². The zero-order valence-corrected chi connectivity index (χ0v) is 13.8. The summed E-state index contributed by atoms with van der Waals surface area (Å²) in [5, 5.41) is 3.44. The zero-order valence-electron chi connectivity index (χ0n) is 13.8. The second-order valence-electron chi connectivity index (χ2n) is 6.25. The van der Waals surface area contributed by atoms with Crippen LogP contribution in [0.4, 0.5) is 0 Å². The first-order valence-corrected chi connectivity index (χ1v) is 7.77. The molecule has 0 saturated carbocycles. The summed E-state index contributed by atoms with van der Waals surface area (Å²) in [7, 11) is 0. The van der Waals surface area contributed by atoms with E-state index < -0.39 is 0 Å². The van der Waals surface area contributed by atoms with Crippen molar-refractivity contribution in [2.24, 2.45) is 0 Å². The van der Waals surface area contributed by atoms with Crippen molar-refractivity contribution >= 4 is 0 Å². The lowest BCUT2D eigenvalue weighted by atomic mass is 10.0. The van der Waals surface area contributed by atoms with Gasteiger partial charge in [0.15, 0.2) is 0 Å². The SMILES string of the molecule is Cc1nc(-c2ccc(C(C)C)cc2)ccc1CNC(C)C. The molecule has 0 radical (unpaired) electrons. The highest BCUT2D eigenvalue weighted by Crippen LogP contribution is 2.22. The van der Waals surface area contributed by atoms with Gasteiger partial charge in [0.2, 0.25) is 0 Å². The van der Waals surface area contributed by atoms with Gasteiger partial charge in [0.05, 0.1) is 5.69 Å². The third-order valence-corrected chi connectivity index (χ3v) is 3.77. The predicted molar refractivity (Wildman–Crippen MR) is 90.5 cm³/mol. The minimum absolute atomic E-state index is 0.493. The molecule has 1 heterocycles. The molecular formula is C19H26N2. The largest absolute Gasteiger partial charge is 0.310 e. The van der Waals surface area contributed by atoms with Crippen LogP contribution in [-0.2, 0) is 6.54 Å².